The van der Waals surface area contributed by atoms with E-state index in [0.717, 1.165) is 19.3 Å². The number of rotatable bonds is 5. The predicted molar refractivity (Wildman–Crippen MR) is 78.5 cm³/mol. The summed E-state index contributed by atoms with van der Waals surface area (Å²) in [6.45, 7) is 2.37. The molecular formula is C16H21F2NO3. The van der Waals surface area contributed by atoms with Crippen LogP contribution in [0.1, 0.15) is 48.5 Å². The van der Waals surface area contributed by atoms with Gasteiger partial charge in [-0.25, -0.2) is 8.78 Å². The van der Waals surface area contributed by atoms with Crippen molar-refractivity contribution in [1.29, 1.82) is 0 Å². The van der Waals surface area contributed by atoms with Gasteiger partial charge in [0.05, 0.1) is 24.9 Å². The molecular weight excluding hydrogens is 292 g/mol. The van der Waals surface area contributed by atoms with Crippen molar-refractivity contribution in [3.05, 3.63) is 29.3 Å². The second-order valence-electron chi connectivity index (χ2n) is 5.47. The van der Waals surface area contributed by atoms with E-state index in [2.05, 4.69) is 5.32 Å². The molecule has 1 aromatic rings. The zero-order valence-electron chi connectivity index (χ0n) is 12.8. The molecule has 2 atom stereocenters. The van der Waals surface area contributed by atoms with Crippen molar-refractivity contribution in [2.45, 2.75) is 44.8 Å². The molecule has 1 aromatic carbocycles. The maximum absolute atomic E-state index is 12.8. The Bertz CT molecular complexity index is 522. The van der Waals surface area contributed by atoms with Crippen LogP contribution in [0.2, 0.25) is 0 Å². The van der Waals surface area contributed by atoms with Crippen molar-refractivity contribution in [1.82, 2.24) is 5.32 Å². The summed E-state index contributed by atoms with van der Waals surface area (Å²) in [7, 11) is 1.40. The monoisotopic (exact) mass is 313 g/mol. The Morgan fingerprint density at radius 3 is 2.86 bits per heavy atom. The highest BCUT2D eigenvalue weighted by Crippen LogP contribution is 2.26. The first-order chi connectivity index (χ1) is 10.5. The van der Waals surface area contributed by atoms with Crippen LogP contribution in [0, 0.1) is 0 Å². The van der Waals surface area contributed by atoms with Crippen LogP contribution < -0.4 is 10.1 Å². The van der Waals surface area contributed by atoms with Crippen LogP contribution in [0.3, 0.4) is 0 Å². The molecule has 2 unspecified atom stereocenters. The number of ether oxygens (including phenoxy) is 2. The van der Waals surface area contributed by atoms with Gasteiger partial charge in [0.2, 0.25) is 0 Å². The molecule has 4 nitrogen and oxygen atoms in total. The van der Waals surface area contributed by atoms with Crippen LogP contribution in [0.15, 0.2) is 18.2 Å². The Balaban J connectivity index is 2.03. The van der Waals surface area contributed by atoms with Gasteiger partial charge in [0.15, 0.2) is 0 Å². The molecule has 22 heavy (non-hydrogen) atoms. The smallest absolute Gasteiger partial charge is 0.263 e. The van der Waals surface area contributed by atoms with E-state index in [9.17, 15) is 13.6 Å². The average molecular weight is 313 g/mol. The number of halogens is 2. The van der Waals surface area contributed by atoms with E-state index in [4.69, 9.17) is 9.47 Å². The summed E-state index contributed by atoms with van der Waals surface area (Å²) in [4.78, 5) is 12.2. The Hall–Kier alpha value is -1.69. The van der Waals surface area contributed by atoms with Crippen molar-refractivity contribution >= 4 is 5.91 Å². The number of amides is 1. The maximum atomic E-state index is 12.8. The zero-order chi connectivity index (χ0) is 16.1. The van der Waals surface area contributed by atoms with Gasteiger partial charge in [0, 0.05) is 12.1 Å². The molecule has 2 rings (SSSR count). The lowest BCUT2D eigenvalue weighted by atomic mass is 10.0. The average Bonchev–Trinajstić information content (AvgIpc) is 2.52. The first-order valence-electron chi connectivity index (χ1n) is 7.41. The number of alkyl halides is 2. The van der Waals surface area contributed by atoms with Gasteiger partial charge in [-0.1, -0.05) is 0 Å². The van der Waals surface area contributed by atoms with E-state index in [1.54, 1.807) is 0 Å². The Morgan fingerprint density at radius 2 is 2.23 bits per heavy atom. The first kappa shape index (κ1) is 16.7. The Kier molecular flexibility index (Phi) is 5.71. The minimum atomic E-state index is -2.63. The summed E-state index contributed by atoms with van der Waals surface area (Å²) >= 11 is 0. The number of carbonyl (C=O) groups is 1. The second-order valence-corrected chi connectivity index (χ2v) is 5.47. The van der Waals surface area contributed by atoms with Gasteiger partial charge in [-0.2, -0.15) is 0 Å². The van der Waals surface area contributed by atoms with Crippen molar-refractivity contribution < 1.29 is 23.0 Å². The molecule has 1 N–H and O–H groups in total. The molecule has 1 heterocycles. The van der Waals surface area contributed by atoms with E-state index in [1.165, 1.54) is 25.3 Å². The van der Waals surface area contributed by atoms with Crippen molar-refractivity contribution in [2.75, 3.05) is 13.7 Å². The Morgan fingerprint density at radius 1 is 1.45 bits per heavy atom. The minimum absolute atomic E-state index is 0.0306. The fourth-order valence-electron chi connectivity index (χ4n) is 2.59. The molecule has 0 radical (unpaired) electrons. The molecule has 1 amide bonds. The fourth-order valence-corrected chi connectivity index (χ4v) is 2.59. The van der Waals surface area contributed by atoms with Gasteiger partial charge in [-0.15, -0.1) is 0 Å². The standard InChI is InChI=1S/C16H21F2NO3/c1-10-4-3-5-12(22-10)9-19-16(20)13-8-11(15(17)18)6-7-14(13)21-2/h6-8,10,12,15H,3-5,9H2,1-2H3,(H,19,20). The molecule has 0 saturated carbocycles. The van der Waals surface area contributed by atoms with Crippen LogP contribution >= 0.6 is 0 Å². The lowest BCUT2D eigenvalue weighted by Gasteiger charge is -2.28. The number of methoxy groups -OCH3 is 1. The van der Waals surface area contributed by atoms with Crippen molar-refractivity contribution in [3.8, 4) is 5.75 Å². The van der Waals surface area contributed by atoms with Gasteiger partial charge in [-0.05, 0) is 44.4 Å². The number of hydrogen-bond acceptors (Lipinski definition) is 3. The van der Waals surface area contributed by atoms with Crippen molar-refractivity contribution in [3.63, 3.8) is 0 Å². The Labute approximate surface area is 128 Å². The summed E-state index contributed by atoms with van der Waals surface area (Å²) in [5.74, 6) is -0.152. The third-order valence-corrected chi connectivity index (χ3v) is 3.77. The molecule has 1 fully saturated rings. The summed E-state index contributed by atoms with van der Waals surface area (Å²) in [5, 5.41) is 2.74. The molecule has 0 aromatic heterocycles. The molecule has 1 aliphatic heterocycles. The SMILES string of the molecule is COc1ccc(C(F)F)cc1C(=O)NCC1CCCC(C)O1. The lowest BCUT2D eigenvalue weighted by molar-refractivity contribution is -0.0374. The van der Waals surface area contributed by atoms with E-state index < -0.39 is 12.3 Å². The number of carbonyl (C=O) groups excluding carboxylic acids is 1. The number of benzene rings is 1. The number of nitrogens with one attached hydrogen (secondary N) is 1. The highest BCUT2D eigenvalue weighted by atomic mass is 19.3. The summed E-state index contributed by atoms with van der Waals surface area (Å²) < 4.78 is 36.3. The van der Waals surface area contributed by atoms with Gasteiger partial charge < -0.3 is 14.8 Å². The minimum Gasteiger partial charge on any atom is -0.496 e. The van der Waals surface area contributed by atoms with Gasteiger partial charge >= 0.3 is 0 Å². The zero-order valence-corrected chi connectivity index (χ0v) is 12.8. The van der Waals surface area contributed by atoms with E-state index >= 15 is 0 Å². The number of hydrogen-bond donors (Lipinski definition) is 1. The quantitative estimate of drug-likeness (QED) is 0.907. The first-order valence-corrected chi connectivity index (χ1v) is 7.41. The van der Waals surface area contributed by atoms with Gasteiger partial charge in [0.1, 0.15) is 5.75 Å². The molecule has 122 valence electrons. The highest BCUT2D eigenvalue weighted by molar-refractivity contribution is 5.97. The second kappa shape index (κ2) is 7.54. The van der Waals surface area contributed by atoms with Gasteiger partial charge in [0.25, 0.3) is 12.3 Å². The fraction of sp³-hybridized carbons (Fsp3) is 0.562. The molecule has 0 bridgehead atoms. The lowest BCUT2D eigenvalue weighted by Crippen LogP contribution is -2.37. The van der Waals surface area contributed by atoms with Crippen LogP contribution in [-0.4, -0.2) is 31.8 Å². The van der Waals surface area contributed by atoms with Crippen LogP contribution in [-0.2, 0) is 4.74 Å². The normalized spacial score (nSPS) is 21.7. The van der Waals surface area contributed by atoms with E-state index in [1.807, 2.05) is 6.92 Å². The topological polar surface area (TPSA) is 47.6 Å². The van der Waals surface area contributed by atoms with Gasteiger partial charge in [-0.3, -0.25) is 4.79 Å². The van der Waals surface area contributed by atoms with E-state index in [0.29, 0.717) is 6.54 Å². The molecule has 6 heteroatoms. The summed E-state index contributed by atoms with van der Waals surface area (Å²) in [5.41, 5.74) is -0.0855. The summed E-state index contributed by atoms with van der Waals surface area (Å²) in [6.07, 6.45) is 0.503. The van der Waals surface area contributed by atoms with Crippen molar-refractivity contribution in [2.24, 2.45) is 0 Å². The third-order valence-electron chi connectivity index (χ3n) is 3.77. The molecule has 0 aliphatic carbocycles. The van der Waals surface area contributed by atoms with Crippen LogP contribution in [0.25, 0.3) is 0 Å². The third kappa shape index (κ3) is 4.16. The summed E-state index contributed by atoms with van der Waals surface area (Å²) in [6, 6.07) is 3.81. The van der Waals surface area contributed by atoms with Crippen LogP contribution in [0.4, 0.5) is 8.78 Å². The molecule has 1 saturated heterocycles. The largest absolute Gasteiger partial charge is 0.496 e. The predicted octanol–water partition coefficient (Wildman–Crippen LogP) is 3.32. The van der Waals surface area contributed by atoms with Crippen LogP contribution in [0.5, 0.6) is 5.75 Å². The maximum Gasteiger partial charge on any atom is 0.263 e. The molecule has 1 aliphatic rings. The van der Waals surface area contributed by atoms with E-state index in [-0.39, 0.29) is 29.1 Å². The highest BCUT2D eigenvalue weighted by Gasteiger charge is 2.21. The molecule has 0 spiro atoms.